The van der Waals surface area contributed by atoms with Gasteiger partial charge in [-0.25, -0.2) is 0 Å². The van der Waals surface area contributed by atoms with Crippen LogP contribution in [0.4, 0.5) is 4.79 Å². The second-order valence-corrected chi connectivity index (χ2v) is 9.16. The van der Waals surface area contributed by atoms with Crippen molar-refractivity contribution in [3.05, 3.63) is 104 Å². The van der Waals surface area contributed by atoms with Gasteiger partial charge in [-0.05, 0) is 59.3 Å². The molecular weight excluding hydrogens is 498 g/mol. The molecule has 0 unspecified atom stereocenters. The van der Waals surface area contributed by atoms with Gasteiger partial charge in [-0.2, -0.15) is 0 Å². The molecule has 31 heavy (non-hydrogen) atoms. The van der Waals surface area contributed by atoms with Crippen LogP contribution >= 0.6 is 39.3 Å². The summed E-state index contributed by atoms with van der Waals surface area (Å²) in [6.07, 6.45) is 1.73. The molecular formula is C24H17BrClNO3S. The number of rotatable bonds is 6. The molecule has 7 heteroatoms. The van der Waals surface area contributed by atoms with Crippen molar-refractivity contribution in [2.75, 3.05) is 0 Å². The van der Waals surface area contributed by atoms with Crippen molar-refractivity contribution in [2.24, 2.45) is 0 Å². The molecule has 2 amide bonds. The monoisotopic (exact) mass is 513 g/mol. The standard InChI is InChI=1S/C24H17BrClNO3S/c25-19-6-3-4-17(12-19)14-27-23(28)22(31-24(27)29)13-16-8-10-20(11-9-16)30-15-18-5-1-2-7-21(18)26/h1-13H,14-15H2/b22-13+. The molecule has 0 spiro atoms. The number of carbonyl (C=O) groups excluding carboxylic acids is 2. The van der Waals surface area contributed by atoms with Crippen LogP contribution in [0.15, 0.2) is 82.2 Å². The first-order chi connectivity index (χ1) is 15.0. The van der Waals surface area contributed by atoms with Crippen LogP contribution in [-0.4, -0.2) is 16.0 Å². The molecule has 1 aliphatic rings. The lowest BCUT2D eigenvalue weighted by molar-refractivity contribution is -0.123. The van der Waals surface area contributed by atoms with Gasteiger partial charge in [0.1, 0.15) is 12.4 Å². The minimum atomic E-state index is -0.283. The van der Waals surface area contributed by atoms with E-state index in [1.54, 1.807) is 6.08 Å². The van der Waals surface area contributed by atoms with Crippen molar-refractivity contribution in [2.45, 2.75) is 13.2 Å². The van der Waals surface area contributed by atoms with Gasteiger partial charge in [-0.1, -0.05) is 70.0 Å². The molecule has 0 aliphatic carbocycles. The number of imide groups is 1. The smallest absolute Gasteiger partial charge is 0.293 e. The quantitative estimate of drug-likeness (QED) is 0.335. The fourth-order valence-corrected chi connectivity index (χ4v) is 4.52. The molecule has 1 heterocycles. The van der Waals surface area contributed by atoms with E-state index in [9.17, 15) is 9.59 Å². The number of halogens is 2. The third-order valence-electron chi connectivity index (χ3n) is 4.63. The minimum Gasteiger partial charge on any atom is -0.489 e. The molecule has 156 valence electrons. The third kappa shape index (κ3) is 5.39. The normalized spacial score (nSPS) is 15.0. The summed E-state index contributed by atoms with van der Waals surface area (Å²) in [5, 5.41) is 0.397. The fraction of sp³-hybridized carbons (Fsp3) is 0.0833. The number of benzene rings is 3. The first-order valence-corrected chi connectivity index (χ1v) is 11.4. The lowest BCUT2D eigenvalue weighted by Crippen LogP contribution is -2.27. The summed E-state index contributed by atoms with van der Waals surface area (Å²) in [5.74, 6) is 0.411. The van der Waals surface area contributed by atoms with Crippen LogP contribution in [-0.2, 0) is 17.9 Å². The summed E-state index contributed by atoms with van der Waals surface area (Å²) in [5.41, 5.74) is 2.61. The number of hydrogen-bond donors (Lipinski definition) is 0. The highest BCUT2D eigenvalue weighted by Gasteiger charge is 2.34. The number of amides is 2. The van der Waals surface area contributed by atoms with E-state index in [2.05, 4.69) is 15.9 Å². The topological polar surface area (TPSA) is 46.6 Å². The highest BCUT2D eigenvalue weighted by atomic mass is 79.9. The van der Waals surface area contributed by atoms with E-state index in [0.717, 1.165) is 32.9 Å². The summed E-state index contributed by atoms with van der Waals surface area (Å²) in [4.78, 5) is 26.8. The zero-order chi connectivity index (χ0) is 21.8. The molecule has 0 radical (unpaired) electrons. The Hall–Kier alpha value is -2.54. The van der Waals surface area contributed by atoms with Gasteiger partial charge in [0.25, 0.3) is 11.1 Å². The lowest BCUT2D eigenvalue weighted by Gasteiger charge is -2.12. The number of hydrogen-bond acceptors (Lipinski definition) is 4. The molecule has 0 saturated carbocycles. The molecule has 1 fully saturated rings. The zero-order valence-corrected chi connectivity index (χ0v) is 19.4. The SMILES string of the molecule is O=C1S/C(=C/c2ccc(OCc3ccccc3Cl)cc2)C(=O)N1Cc1cccc(Br)c1. The third-order valence-corrected chi connectivity index (χ3v) is 6.40. The van der Waals surface area contributed by atoms with Gasteiger partial charge in [-0.15, -0.1) is 0 Å². The second kappa shape index (κ2) is 9.73. The molecule has 0 bridgehead atoms. The summed E-state index contributed by atoms with van der Waals surface area (Å²) in [6.45, 7) is 0.615. The summed E-state index contributed by atoms with van der Waals surface area (Å²) >= 11 is 10.5. The van der Waals surface area contributed by atoms with Gasteiger partial charge >= 0.3 is 0 Å². The highest BCUT2D eigenvalue weighted by Crippen LogP contribution is 2.33. The first kappa shape index (κ1) is 21.7. The van der Waals surface area contributed by atoms with Crippen molar-refractivity contribution in [3.8, 4) is 5.75 Å². The molecule has 4 nitrogen and oxygen atoms in total. The predicted octanol–water partition coefficient (Wildman–Crippen LogP) is 6.92. The summed E-state index contributed by atoms with van der Waals surface area (Å²) < 4.78 is 6.69. The van der Waals surface area contributed by atoms with Crippen LogP contribution < -0.4 is 4.74 Å². The van der Waals surface area contributed by atoms with Crippen molar-refractivity contribution in [1.29, 1.82) is 0 Å². The van der Waals surface area contributed by atoms with Crippen molar-refractivity contribution < 1.29 is 14.3 Å². The molecule has 1 aliphatic heterocycles. The van der Waals surface area contributed by atoms with Crippen molar-refractivity contribution in [3.63, 3.8) is 0 Å². The lowest BCUT2D eigenvalue weighted by atomic mass is 10.2. The van der Waals surface area contributed by atoms with Crippen molar-refractivity contribution >= 4 is 56.5 Å². The van der Waals surface area contributed by atoms with Crippen LogP contribution in [0.2, 0.25) is 5.02 Å². The van der Waals surface area contributed by atoms with Crippen LogP contribution in [0.1, 0.15) is 16.7 Å². The summed E-state index contributed by atoms with van der Waals surface area (Å²) in [7, 11) is 0. The molecule has 0 atom stereocenters. The number of carbonyl (C=O) groups is 2. The highest BCUT2D eigenvalue weighted by molar-refractivity contribution is 9.10. The van der Waals surface area contributed by atoms with Gasteiger partial charge in [-0.3, -0.25) is 14.5 Å². The van der Waals surface area contributed by atoms with E-state index in [1.807, 2.05) is 72.8 Å². The van der Waals surface area contributed by atoms with E-state index >= 15 is 0 Å². The van der Waals surface area contributed by atoms with Gasteiger partial charge in [0, 0.05) is 15.1 Å². The average molecular weight is 515 g/mol. The molecule has 0 aromatic heterocycles. The Bertz CT molecular complexity index is 1160. The molecule has 3 aromatic rings. The van der Waals surface area contributed by atoms with Gasteiger partial charge in [0.2, 0.25) is 0 Å². The Morgan fingerprint density at radius 1 is 1.00 bits per heavy atom. The Balaban J connectivity index is 1.42. The van der Waals surface area contributed by atoms with Crippen molar-refractivity contribution in [1.82, 2.24) is 4.90 Å². The number of thioether (sulfide) groups is 1. The van der Waals surface area contributed by atoms with Crippen LogP contribution in [0.25, 0.3) is 6.08 Å². The van der Waals surface area contributed by atoms with E-state index < -0.39 is 0 Å². The molecule has 0 N–H and O–H groups in total. The maximum Gasteiger partial charge on any atom is 0.293 e. The van der Waals surface area contributed by atoms with E-state index in [1.165, 1.54) is 4.90 Å². The maximum absolute atomic E-state index is 12.7. The Labute approximate surface area is 198 Å². The largest absolute Gasteiger partial charge is 0.489 e. The Morgan fingerprint density at radius 2 is 1.77 bits per heavy atom. The minimum absolute atomic E-state index is 0.246. The average Bonchev–Trinajstić information content (AvgIpc) is 3.02. The molecule has 3 aromatic carbocycles. The number of nitrogens with zero attached hydrogens (tertiary/aromatic N) is 1. The van der Waals surface area contributed by atoms with E-state index in [-0.39, 0.29) is 17.7 Å². The Kier molecular flexibility index (Phi) is 6.80. The van der Waals surface area contributed by atoms with Gasteiger partial charge in [0.05, 0.1) is 11.4 Å². The van der Waals surface area contributed by atoms with Crippen LogP contribution in [0.3, 0.4) is 0 Å². The Morgan fingerprint density at radius 3 is 2.52 bits per heavy atom. The molecule has 1 saturated heterocycles. The molecule has 4 rings (SSSR count). The van der Waals surface area contributed by atoms with E-state index in [0.29, 0.717) is 22.3 Å². The zero-order valence-electron chi connectivity index (χ0n) is 16.3. The van der Waals surface area contributed by atoms with Gasteiger partial charge < -0.3 is 4.74 Å². The van der Waals surface area contributed by atoms with Crippen LogP contribution in [0, 0.1) is 0 Å². The predicted molar refractivity (Wildman–Crippen MR) is 128 cm³/mol. The van der Waals surface area contributed by atoms with Crippen LogP contribution in [0.5, 0.6) is 5.75 Å². The first-order valence-electron chi connectivity index (χ1n) is 9.46. The van der Waals surface area contributed by atoms with Gasteiger partial charge in [0.15, 0.2) is 0 Å². The van der Waals surface area contributed by atoms with E-state index in [4.69, 9.17) is 16.3 Å². The summed E-state index contributed by atoms with van der Waals surface area (Å²) in [6, 6.07) is 22.5. The second-order valence-electron chi connectivity index (χ2n) is 6.85. The maximum atomic E-state index is 12.7. The fourth-order valence-electron chi connectivity index (χ4n) is 3.04. The number of ether oxygens (including phenoxy) is 1.